The van der Waals surface area contributed by atoms with Crippen LogP contribution in [0.1, 0.15) is 5.56 Å². The number of nitrogens with zero attached hydrogens (tertiary/aromatic N) is 2. The molecule has 0 unspecified atom stereocenters. The van der Waals surface area contributed by atoms with Crippen molar-refractivity contribution in [1.82, 2.24) is 4.98 Å². The van der Waals surface area contributed by atoms with E-state index < -0.39 is 11.6 Å². The smallest absolute Gasteiger partial charge is 0.142 e. The van der Waals surface area contributed by atoms with E-state index in [4.69, 9.17) is 17.3 Å². The molecule has 0 radical (unpaired) electrons. The van der Waals surface area contributed by atoms with Crippen LogP contribution in [0, 0.1) is 23.0 Å². The van der Waals surface area contributed by atoms with Crippen molar-refractivity contribution < 1.29 is 8.78 Å². The lowest BCUT2D eigenvalue weighted by Crippen LogP contribution is -2.00. The molecule has 2 N–H and O–H groups in total. The molecule has 0 aliphatic rings. The van der Waals surface area contributed by atoms with Gasteiger partial charge in [-0.1, -0.05) is 23.7 Å². The maximum absolute atomic E-state index is 14.1. The second-order valence-corrected chi connectivity index (χ2v) is 5.49. The molecule has 0 saturated carbocycles. The van der Waals surface area contributed by atoms with Crippen molar-refractivity contribution in [2.45, 2.75) is 0 Å². The number of nitrogens with two attached hydrogens (primary N) is 1. The van der Waals surface area contributed by atoms with Gasteiger partial charge in [0, 0.05) is 27.8 Å². The summed E-state index contributed by atoms with van der Waals surface area (Å²) < 4.78 is 27.3. The molecule has 1 aromatic heterocycles. The first-order valence-corrected chi connectivity index (χ1v) is 7.29. The number of pyridine rings is 1. The highest BCUT2D eigenvalue weighted by atomic mass is 35.5. The van der Waals surface area contributed by atoms with Gasteiger partial charge in [0.25, 0.3) is 0 Å². The van der Waals surface area contributed by atoms with E-state index in [9.17, 15) is 14.0 Å². The van der Waals surface area contributed by atoms with Crippen LogP contribution in [0.15, 0.2) is 48.5 Å². The van der Waals surface area contributed by atoms with E-state index in [0.29, 0.717) is 16.3 Å². The minimum Gasteiger partial charge on any atom is -0.383 e. The Morgan fingerprint density at radius 2 is 1.71 bits per heavy atom. The van der Waals surface area contributed by atoms with Crippen LogP contribution >= 0.6 is 11.6 Å². The van der Waals surface area contributed by atoms with Crippen LogP contribution < -0.4 is 5.73 Å². The first-order chi connectivity index (χ1) is 11.5. The molecule has 3 rings (SSSR count). The summed E-state index contributed by atoms with van der Waals surface area (Å²) in [6.45, 7) is 0. The fourth-order valence-electron chi connectivity index (χ4n) is 2.37. The SMILES string of the molecule is N#Cc1c(-c2ccc(F)cc2F)cc(-c2ccc(Cl)cc2)nc1N. The lowest BCUT2D eigenvalue weighted by molar-refractivity contribution is 0.585. The number of benzene rings is 2. The molecular formula is C18H10ClF2N3. The van der Waals surface area contributed by atoms with Gasteiger partial charge in [-0.15, -0.1) is 0 Å². The van der Waals surface area contributed by atoms with Gasteiger partial charge in [0.05, 0.1) is 5.69 Å². The van der Waals surface area contributed by atoms with Crippen molar-refractivity contribution >= 4 is 17.4 Å². The van der Waals surface area contributed by atoms with E-state index in [1.807, 2.05) is 6.07 Å². The van der Waals surface area contributed by atoms with Gasteiger partial charge < -0.3 is 5.73 Å². The lowest BCUT2D eigenvalue weighted by Gasteiger charge is -2.11. The molecule has 118 valence electrons. The summed E-state index contributed by atoms with van der Waals surface area (Å²) in [6.07, 6.45) is 0. The average Bonchev–Trinajstić information content (AvgIpc) is 2.55. The maximum Gasteiger partial charge on any atom is 0.142 e. The zero-order chi connectivity index (χ0) is 17.3. The standard InChI is InChI=1S/C18H10ClF2N3/c19-11-3-1-10(2-4-11)17-8-14(15(9-22)18(23)24-17)13-6-5-12(20)7-16(13)21/h1-8H,(H2,23,24). The molecule has 0 fully saturated rings. The monoisotopic (exact) mass is 341 g/mol. The van der Waals surface area contributed by atoms with Crippen LogP contribution in [-0.2, 0) is 0 Å². The summed E-state index contributed by atoms with van der Waals surface area (Å²) in [5.41, 5.74) is 7.41. The van der Waals surface area contributed by atoms with Crippen molar-refractivity contribution in [3.8, 4) is 28.5 Å². The third kappa shape index (κ3) is 2.92. The van der Waals surface area contributed by atoms with Crippen LogP contribution in [0.3, 0.4) is 0 Å². The highest BCUT2D eigenvalue weighted by Gasteiger charge is 2.16. The van der Waals surface area contributed by atoms with Gasteiger partial charge in [0.2, 0.25) is 0 Å². The number of aromatic nitrogens is 1. The van der Waals surface area contributed by atoms with E-state index in [1.54, 1.807) is 30.3 Å². The third-order valence-electron chi connectivity index (χ3n) is 3.52. The van der Waals surface area contributed by atoms with Crippen LogP contribution in [0.5, 0.6) is 0 Å². The molecule has 0 aliphatic carbocycles. The van der Waals surface area contributed by atoms with Crippen LogP contribution in [0.25, 0.3) is 22.4 Å². The maximum atomic E-state index is 14.1. The van der Waals surface area contributed by atoms with Gasteiger partial charge in [-0.2, -0.15) is 5.26 Å². The van der Waals surface area contributed by atoms with Crippen molar-refractivity contribution in [2.75, 3.05) is 5.73 Å². The number of hydrogen-bond acceptors (Lipinski definition) is 3. The fourth-order valence-corrected chi connectivity index (χ4v) is 2.50. The molecule has 24 heavy (non-hydrogen) atoms. The molecule has 6 heteroatoms. The number of halogens is 3. The van der Waals surface area contributed by atoms with Gasteiger partial charge in [0.15, 0.2) is 0 Å². The number of hydrogen-bond donors (Lipinski definition) is 1. The Bertz CT molecular complexity index is 963. The number of anilines is 1. The van der Waals surface area contributed by atoms with Gasteiger partial charge in [-0.25, -0.2) is 13.8 Å². The minimum atomic E-state index is -0.779. The summed E-state index contributed by atoms with van der Waals surface area (Å²) in [5.74, 6) is -1.50. The summed E-state index contributed by atoms with van der Waals surface area (Å²) >= 11 is 5.87. The summed E-state index contributed by atoms with van der Waals surface area (Å²) in [5, 5.41) is 9.88. The van der Waals surface area contributed by atoms with E-state index in [-0.39, 0.29) is 22.5 Å². The zero-order valence-electron chi connectivity index (χ0n) is 12.2. The van der Waals surface area contributed by atoms with Crippen LogP contribution in [0.4, 0.5) is 14.6 Å². The number of nitriles is 1. The highest BCUT2D eigenvalue weighted by molar-refractivity contribution is 6.30. The van der Waals surface area contributed by atoms with Gasteiger partial charge in [-0.3, -0.25) is 0 Å². The molecule has 0 bridgehead atoms. The Balaban J connectivity index is 2.24. The van der Waals surface area contributed by atoms with Gasteiger partial charge >= 0.3 is 0 Å². The second kappa shape index (κ2) is 6.26. The molecular weight excluding hydrogens is 332 g/mol. The molecule has 1 heterocycles. The normalized spacial score (nSPS) is 10.4. The Morgan fingerprint density at radius 1 is 1.00 bits per heavy atom. The quantitative estimate of drug-likeness (QED) is 0.728. The minimum absolute atomic E-state index is 0.0244. The molecule has 3 aromatic rings. The summed E-state index contributed by atoms with van der Waals surface area (Å²) in [7, 11) is 0. The molecule has 2 aromatic carbocycles. The largest absolute Gasteiger partial charge is 0.383 e. The van der Waals surface area contributed by atoms with E-state index in [1.165, 1.54) is 6.07 Å². The van der Waals surface area contributed by atoms with Crippen LogP contribution in [-0.4, -0.2) is 4.98 Å². The van der Waals surface area contributed by atoms with Crippen molar-refractivity contribution in [3.05, 3.63) is 70.8 Å². The summed E-state index contributed by atoms with van der Waals surface area (Å²) in [4.78, 5) is 4.19. The number of rotatable bonds is 2. The zero-order valence-corrected chi connectivity index (χ0v) is 13.0. The first-order valence-electron chi connectivity index (χ1n) is 6.91. The van der Waals surface area contributed by atoms with E-state index >= 15 is 0 Å². The topological polar surface area (TPSA) is 62.7 Å². The van der Waals surface area contributed by atoms with Crippen molar-refractivity contribution in [3.63, 3.8) is 0 Å². The molecule has 0 atom stereocenters. The Morgan fingerprint density at radius 3 is 2.33 bits per heavy atom. The Labute approximate surface area is 141 Å². The highest BCUT2D eigenvalue weighted by Crippen LogP contribution is 2.33. The third-order valence-corrected chi connectivity index (χ3v) is 3.77. The van der Waals surface area contributed by atoms with Crippen LogP contribution in [0.2, 0.25) is 5.02 Å². The molecule has 0 saturated heterocycles. The molecule has 0 spiro atoms. The van der Waals surface area contributed by atoms with Crippen molar-refractivity contribution in [1.29, 1.82) is 5.26 Å². The number of nitrogen functional groups attached to an aromatic ring is 1. The molecule has 3 nitrogen and oxygen atoms in total. The molecule has 0 amide bonds. The van der Waals surface area contributed by atoms with Crippen molar-refractivity contribution in [2.24, 2.45) is 0 Å². The lowest BCUT2D eigenvalue weighted by atomic mass is 9.98. The average molecular weight is 342 g/mol. The molecule has 0 aliphatic heterocycles. The van der Waals surface area contributed by atoms with E-state index in [2.05, 4.69) is 4.98 Å². The predicted molar refractivity (Wildman–Crippen MR) is 89.2 cm³/mol. The fraction of sp³-hybridized carbons (Fsp3) is 0. The Hall–Kier alpha value is -2.97. The summed E-state index contributed by atoms with van der Waals surface area (Å²) in [6, 6.07) is 13.5. The van der Waals surface area contributed by atoms with Gasteiger partial charge in [-0.05, 0) is 30.3 Å². The Kier molecular flexibility index (Phi) is 4.15. The first kappa shape index (κ1) is 15.9. The van der Waals surface area contributed by atoms with E-state index in [0.717, 1.165) is 12.1 Å². The van der Waals surface area contributed by atoms with Gasteiger partial charge in [0.1, 0.15) is 29.1 Å². The second-order valence-electron chi connectivity index (χ2n) is 5.06. The predicted octanol–water partition coefficient (Wildman–Crippen LogP) is 4.80.